The topological polar surface area (TPSA) is 45.5 Å². The molecule has 0 amide bonds. The highest BCUT2D eigenvalue weighted by Gasteiger charge is 2.16. The Labute approximate surface area is 145 Å². The van der Waals surface area contributed by atoms with Crippen molar-refractivity contribution in [1.82, 2.24) is 9.55 Å². The summed E-state index contributed by atoms with van der Waals surface area (Å²) in [4.78, 5) is 4.23. The standard InChI is InChI=1S/C19H19FN2O3/c1-12-21-7-8-22(12)16-11-15(20)18(24-3)10-14(16)13-5-6-17(23-2)19(9-13)25-4/h5-11H,1-4H3. The first-order valence-corrected chi connectivity index (χ1v) is 7.69. The maximum absolute atomic E-state index is 14.3. The first kappa shape index (κ1) is 16.8. The molecule has 0 N–H and O–H groups in total. The third kappa shape index (κ3) is 3.03. The van der Waals surface area contributed by atoms with Crippen LogP contribution in [0.4, 0.5) is 4.39 Å². The minimum atomic E-state index is -0.435. The SMILES string of the molecule is COc1cc(-c2ccc(OC)c(OC)c2)c(-n2ccnc2C)cc1F. The van der Waals surface area contributed by atoms with Crippen molar-refractivity contribution in [3.8, 4) is 34.1 Å². The second-order valence-corrected chi connectivity index (χ2v) is 5.42. The number of aromatic nitrogens is 2. The maximum atomic E-state index is 14.3. The second-order valence-electron chi connectivity index (χ2n) is 5.42. The van der Waals surface area contributed by atoms with E-state index in [0.29, 0.717) is 17.2 Å². The largest absolute Gasteiger partial charge is 0.494 e. The smallest absolute Gasteiger partial charge is 0.167 e. The van der Waals surface area contributed by atoms with Crippen molar-refractivity contribution < 1.29 is 18.6 Å². The molecule has 1 heterocycles. The first-order valence-electron chi connectivity index (χ1n) is 7.69. The Kier molecular flexibility index (Phi) is 4.61. The van der Waals surface area contributed by atoms with Gasteiger partial charge in [-0.05, 0) is 30.7 Å². The highest BCUT2D eigenvalue weighted by atomic mass is 19.1. The number of hydrogen-bond acceptors (Lipinski definition) is 4. The van der Waals surface area contributed by atoms with Gasteiger partial charge in [-0.3, -0.25) is 0 Å². The predicted octanol–water partition coefficient (Wildman–Crippen LogP) is 4.01. The summed E-state index contributed by atoms with van der Waals surface area (Å²) in [6.45, 7) is 1.86. The van der Waals surface area contributed by atoms with E-state index in [1.165, 1.54) is 13.2 Å². The van der Waals surface area contributed by atoms with Crippen molar-refractivity contribution in [1.29, 1.82) is 0 Å². The van der Waals surface area contributed by atoms with Crippen molar-refractivity contribution in [3.63, 3.8) is 0 Å². The van der Waals surface area contributed by atoms with Gasteiger partial charge in [0.15, 0.2) is 23.1 Å². The van der Waals surface area contributed by atoms with E-state index in [4.69, 9.17) is 14.2 Å². The van der Waals surface area contributed by atoms with Gasteiger partial charge in [0, 0.05) is 24.0 Å². The summed E-state index contributed by atoms with van der Waals surface area (Å²) in [5.74, 6) is 1.71. The molecule has 0 radical (unpaired) electrons. The number of ether oxygens (including phenoxy) is 3. The Morgan fingerprint density at radius 2 is 1.64 bits per heavy atom. The minimum Gasteiger partial charge on any atom is -0.494 e. The van der Waals surface area contributed by atoms with Gasteiger partial charge in [0.25, 0.3) is 0 Å². The Bertz CT molecular complexity index is 906. The van der Waals surface area contributed by atoms with E-state index in [1.807, 2.05) is 29.7 Å². The van der Waals surface area contributed by atoms with E-state index in [0.717, 1.165) is 17.0 Å². The lowest BCUT2D eigenvalue weighted by atomic mass is 10.0. The van der Waals surface area contributed by atoms with Crippen LogP contribution in [0.2, 0.25) is 0 Å². The lowest BCUT2D eigenvalue weighted by Crippen LogP contribution is -2.01. The molecule has 0 saturated heterocycles. The van der Waals surface area contributed by atoms with Gasteiger partial charge in [-0.25, -0.2) is 9.37 Å². The molecule has 2 aromatic carbocycles. The zero-order valence-corrected chi connectivity index (χ0v) is 14.5. The van der Waals surface area contributed by atoms with Gasteiger partial charge in [-0.1, -0.05) is 6.07 Å². The number of nitrogens with zero attached hydrogens (tertiary/aromatic N) is 2. The van der Waals surface area contributed by atoms with E-state index < -0.39 is 5.82 Å². The maximum Gasteiger partial charge on any atom is 0.167 e. The molecule has 3 rings (SSSR count). The van der Waals surface area contributed by atoms with E-state index in [-0.39, 0.29) is 5.75 Å². The highest BCUT2D eigenvalue weighted by Crippen LogP contribution is 2.37. The number of methoxy groups -OCH3 is 3. The van der Waals surface area contributed by atoms with Crippen LogP contribution >= 0.6 is 0 Å². The van der Waals surface area contributed by atoms with Gasteiger partial charge in [0.1, 0.15) is 5.82 Å². The molecule has 3 aromatic rings. The third-order valence-electron chi connectivity index (χ3n) is 4.05. The van der Waals surface area contributed by atoms with Crippen LogP contribution in [0.1, 0.15) is 5.82 Å². The summed E-state index contributed by atoms with van der Waals surface area (Å²) < 4.78 is 32.0. The van der Waals surface area contributed by atoms with Crippen LogP contribution in [-0.4, -0.2) is 30.9 Å². The van der Waals surface area contributed by atoms with Gasteiger partial charge in [0.2, 0.25) is 0 Å². The number of aryl methyl sites for hydroxylation is 1. The predicted molar refractivity (Wildman–Crippen MR) is 93.4 cm³/mol. The molecule has 0 bridgehead atoms. The lowest BCUT2D eigenvalue weighted by Gasteiger charge is -2.16. The van der Waals surface area contributed by atoms with Crippen molar-refractivity contribution in [3.05, 3.63) is 54.4 Å². The molecule has 0 fully saturated rings. The number of imidazole rings is 1. The third-order valence-corrected chi connectivity index (χ3v) is 4.05. The number of hydrogen-bond donors (Lipinski definition) is 0. The molecule has 0 atom stereocenters. The van der Waals surface area contributed by atoms with Crippen molar-refractivity contribution in [2.45, 2.75) is 6.92 Å². The van der Waals surface area contributed by atoms with E-state index >= 15 is 0 Å². The molecule has 0 aliphatic carbocycles. The summed E-state index contributed by atoms with van der Waals surface area (Å²) in [7, 11) is 4.60. The Morgan fingerprint density at radius 1 is 0.920 bits per heavy atom. The monoisotopic (exact) mass is 342 g/mol. The molecule has 0 unspecified atom stereocenters. The van der Waals surface area contributed by atoms with Crippen LogP contribution < -0.4 is 14.2 Å². The fourth-order valence-corrected chi connectivity index (χ4v) is 2.77. The average molecular weight is 342 g/mol. The van der Waals surface area contributed by atoms with Crippen molar-refractivity contribution in [2.75, 3.05) is 21.3 Å². The summed E-state index contributed by atoms with van der Waals surface area (Å²) in [5.41, 5.74) is 2.31. The molecule has 130 valence electrons. The van der Waals surface area contributed by atoms with Gasteiger partial charge < -0.3 is 18.8 Å². The number of rotatable bonds is 5. The molecule has 0 spiro atoms. The van der Waals surface area contributed by atoms with E-state index in [2.05, 4.69) is 4.98 Å². The average Bonchev–Trinajstić information content (AvgIpc) is 3.06. The Balaban J connectivity index is 2.26. The number of benzene rings is 2. The normalized spacial score (nSPS) is 10.6. The molecule has 1 aromatic heterocycles. The minimum absolute atomic E-state index is 0.173. The summed E-state index contributed by atoms with van der Waals surface area (Å²) in [6, 6.07) is 8.67. The van der Waals surface area contributed by atoms with Gasteiger partial charge in [-0.15, -0.1) is 0 Å². The highest BCUT2D eigenvalue weighted by molar-refractivity contribution is 5.76. The van der Waals surface area contributed by atoms with Gasteiger partial charge in [0.05, 0.1) is 27.0 Å². The Morgan fingerprint density at radius 3 is 2.24 bits per heavy atom. The second kappa shape index (κ2) is 6.84. The van der Waals surface area contributed by atoms with Crippen molar-refractivity contribution >= 4 is 0 Å². The van der Waals surface area contributed by atoms with Crippen LogP contribution in [0, 0.1) is 12.7 Å². The molecule has 0 aliphatic rings. The lowest BCUT2D eigenvalue weighted by molar-refractivity contribution is 0.355. The molecular formula is C19H19FN2O3. The quantitative estimate of drug-likeness (QED) is 0.703. The van der Waals surface area contributed by atoms with Crippen LogP contribution in [-0.2, 0) is 0 Å². The van der Waals surface area contributed by atoms with Crippen LogP contribution in [0.3, 0.4) is 0 Å². The summed E-state index contributed by atoms with van der Waals surface area (Å²) in [6.07, 6.45) is 3.47. The molecule has 5 nitrogen and oxygen atoms in total. The first-order chi connectivity index (χ1) is 12.1. The fraction of sp³-hybridized carbons (Fsp3) is 0.211. The van der Waals surface area contributed by atoms with E-state index in [1.54, 1.807) is 32.7 Å². The van der Waals surface area contributed by atoms with Crippen molar-refractivity contribution in [2.24, 2.45) is 0 Å². The van der Waals surface area contributed by atoms with Crippen LogP contribution in [0.5, 0.6) is 17.2 Å². The molecular weight excluding hydrogens is 323 g/mol. The van der Waals surface area contributed by atoms with E-state index in [9.17, 15) is 4.39 Å². The van der Waals surface area contributed by atoms with Crippen LogP contribution in [0.15, 0.2) is 42.7 Å². The molecule has 6 heteroatoms. The summed E-state index contributed by atoms with van der Waals surface area (Å²) >= 11 is 0. The number of halogens is 1. The summed E-state index contributed by atoms with van der Waals surface area (Å²) in [5, 5.41) is 0. The van der Waals surface area contributed by atoms with Crippen LogP contribution in [0.25, 0.3) is 16.8 Å². The van der Waals surface area contributed by atoms with Gasteiger partial charge >= 0.3 is 0 Å². The fourth-order valence-electron chi connectivity index (χ4n) is 2.77. The zero-order valence-electron chi connectivity index (χ0n) is 14.5. The Hall–Kier alpha value is -3.02. The molecule has 25 heavy (non-hydrogen) atoms. The zero-order chi connectivity index (χ0) is 18.0. The van der Waals surface area contributed by atoms with Gasteiger partial charge in [-0.2, -0.15) is 0 Å². The molecule has 0 aliphatic heterocycles. The molecule has 0 saturated carbocycles.